The first-order valence-corrected chi connectivity index (χ1v) is 7.65. The van der Waals surface area contributed by atoms with Crippen LogP contribution in [-0.4, -0.2) is 28.6 Å². The van der Waals surface area contributed by atoms with Crippen molar-refractivity contribution in [2.75, 3.05) is 11.9 Å². The molecular formula is C16H25N3. The highest BCUT2D eigenvalue weighted by molar-refractivity contribution is 5.58. The van der Waals surface area contributed by atoms with Crippen LogP contribution >= 0.6 is 0 Å². The van der Waals surface area contributed by atoms with E-state index >= 15 is 0 Å². The van der Waals surface area contributed by atoms with Gasteiger partial charge in [0.25, 0.3) is 0 Å². The second-order valence-corrected chi connectivity index (χ2v) is 6.21. The number of anilines is 1. The van der Waals surface area contributed by atoms with Crippen molar-refractivity contribution in [2.24, 2.45) is 11.8 Å². The highest BCUT2D eigenvalue weighted by Crippen LogP contribution is 2.52. The third-order valence-corrected chi connectivity index (χ3v) is 5.05. The van der Waals surface area contributed by atoms with Gasteiger partial charge >= 0.3 is 0 Å². The van der Waals surface area contributed by atoms with Crippen molar-refractivity contribution in [3.8, 4) is 0 Å². The van der Waals surface area contributed by atoms with Gasteiger partial charge in [0.15, 0.2) is 0 Å². The summed E-state index contributed by atoms with van der Waals surface area (Å²) in [4.78, 5) is 6.92. The first-order chi connectivity index (χ1) is 9.19. The Bertz CT molecular complexity index is 457. The molecule has 3 heteroatoms. The van der Waals surface area contributed by atoms with Gasteiger partial charge in [-0.1, -0.05) is 27.7 Å². The summed E-state index contributed by atoms with van der Waals surface area (Å²) in [7, 11) is 0. The summed E-state index contributed by atoms with van der Waals surface area (Å²) in [6, 6.07) is 2.92. The van der Waals surface area contributed by atoms with Gasteiger partial charge in [-0.3, -0.25) is 9.88 Å². The predicted molar refractivity (Wildman–Crippen MR) is 79.2 cm³/mol. The molecule has 4 unspecified atom stereocenters. The van der Waals surface area contributed by atoms with Crippen LogP contribution < -0.4 is 5.32 Å². The summed E-state index contributed by atoms with van der Waals surface area (Å²) in [5.41, 5.74) is 2.73. The maximum absolute atomic E-state index is 4.26. The number of hydrogen-bond acceptors (Lipinski definition) is 3. The minimum absolute atomic E-state index is 0.474. The lowest BCUT2D eigenvalue weighted by Gasteiger charge is -2.31. The molecule has 1 fully saturated rings. The molecule has 1 N–H and O–H groups in total. The van der Waals surface area contributed by atoms with Crippen LogP contribution in [-0.2, 0) is 0 Å². The fourth-order valence-corrected chi connectivity index (χ4v) is 4.41. The predicted octanol–water partition coefficient (Wildman–Crippen LogP) is 3.30. The van der Waals surface area contributed by atoms with Gasteiger partial charge in [0, 0.05) is 18.2 Å². The lowest BCUT2D eigenvalue weighted by atomic mass is 9.77. The van der Waals surface area contributed by atoms with Crippen LogP contribution in [0.15, 0.2) is 18.5 Å². The zero-order valence-electron chi connectivity index (χ0n) is 12.4. The third-order valence-electron chi connectivity index (χ3n) is 5.05. The van der Waals surface area contributed by atoms with E-state index in [1.165, 1.54) is 17.7 Å². The molecule has 0 bridgehead atoms. The molecule has 0 aliphatic carbocycles. The Labute approximate surface area is 116 Å². The minimum atomic E-state index is 0.474. The third kappa shape index (κ3) is 1.78. The van der Waals surface area contributed by atoms with Gasteiger partial charge in [0.2, 0.25) is 0 Å². The lowest BCUT2D eigenvalue weighted by molar-refractivity contribution is 0.180. The van der Waals surface area contributed by atoms with Crippen LogP contribution in [0.4, 0.5) is 5.69 Å². The van der Waals surface area contributed by atoms with Crippen molar-refractivity contribution in [1.29, 1.82) is 0 Å². The van der Waals surface area contributed by atoms with E-state index in [0.29, 0.717) is 18.1 Å². The number of nitrogens with one attached hydrogen (secondary N) is 1. The molecule has 1 aromatic rings. The average molecular weight is 259 g/mol. The first kappa shape index (κ1) is 12.9. The lowest BCUT2D eigenvalue weighted by Crippen LogP contribution is -2.40. The van der Waals surface area contributed by atoms with Crippen LogP contribution in [0.3, 0.4) is 0 Å². The van der Waals surface area contributed by atoms with E-state index in [0.717, 1.165) is 18.4 Å². The van der Waals surface area contributed by atoms with Gasteiger partial charge in [-0.15, -0.1) is 0 Å². The van der Waals surface area contributed by atoms with E-state index in [9.17, 15) is 0 Å². The van der Waals surface area contributed by atoms with Crippen LogP contribution in [0, 0.1) is 11.8 Å². The number of nitrogens with zero attached hydrogens (tertiary/aromatic N) is 2. The zero-order chi connectivity index (χ0) is 13.6. The molecule has 3 nitrogen and oxygen atoms in total. The van der Waals surface area contributed by atoms with Gasteiger partial charge in [-0.25, -0.2) is 0 Å². The monoisotopic (exact) mass is 259 g/mol. The Morgan fingerprint density at radius 1 is 1.37 bits per heavy atom. The van der Waals surface area contributed by atoms with Gasteiger partial charge < -0.3 is 5.32 Å². The fourth-order valence-electron chi connectivity index (χ4n) is 4.41. The summed E-state index contributed by atoms with van der Waals surface area (Å²) in [5, 5.41) is 3.71. The van der Waals surface area contributed by atoms with E-state index in [-0.39, 0.29) is 0 Å². The van der Waals surface area contributed by atoms with E-state index < -0.39 is 0 Å². The van der Waals surface area contributed by atoms with Gasteiger partial charge in [-0.05, 0) is 36.4 Å². The van der Waals surface area contributed by atoms with Crippen molar-refractivity contribution in [3.63, 3.8) is 0 Å². The molecule has 1 saturated heterocycles. The highest BCUT2D eigenvalue weighted by Gasteiger charge is 2.52. The first-order valence-electron chi connectivity index (χ1n) is 7.65. The van der Waals surface area contributed by atoms with Gasteiger partial charge in [-0.2, -0.15) is 0 Å². The Morgan fingerprint density at radius 3 is 2.79 bits per heavy atom. The van der Waals surface area contributed by atoms with Gasteiger partial charge in [0.05, 0.1) is 18.1 Å². The summed E-state index contributed by atoms with van der Waals surface area (Å²) in [6.45, 7) is 10.5. The second kappa shape index (κ2) is 4.78. The zero-order valence-corrected chi connectivity index (χ0v) is 12.4. The van der Waals surface area contributed by atoms with Crippen molar-refractivity contribution in [1.82, 2.24) is 9.88 Å². The molecule has 3 heterocycles. The number of likely N-dealkylation sites (N-methyl/N-ethyl adjacent to an activating group) is 1. The molecular weight excluding hydrogens is 234 g/mol. The molecule has 2 aliphatic heterocycles. The van der Waals surface area contributed by atoms with Crippen molar-refractivity contribution < 1.29 is 0 Å². The molecule has 19 heavy (non-hydrogen) atoms. The molecule has 2 aliphatic rings. The Morgan fingerprint density at radius 2 is 2.16 bits per heavy atom. The van der Waals surface area contributed by atoms with Crippen molar-refractivity contribution >= 4 is 5.69 Å². The molecule has 0 saturated carbocycles. The Kier molecular flexibility index (Phi) is 3.25. The minimum Gasteiger partial charge on any atom is -0.368 e. The summed E-state index contributed by atoms with van der Waals surface area (Å²) in [6.07, 6.45) is 5.64. The summed E-state index contributed by atoms with van der Waals surface area (Å²) >= 11 is 0. The number of likely N-dealkylation sites (tertiary alicyclic amines) is 1. The van der Waals surface area contributed by atoms with Crippen LogP contribution in [0.2, 0.25) is 0 Å². The maximum atomic E-state index is 4.26. The SMILES string of the molecule is CCC1C(C(C)C)C2c3ccncc3NC2N1CC. The van der Waals surface area contributed by atoms with Crippen molar-refractivity contribution in [2.45, 2.75) is 52.2 Å². The Balaban J connectivity index is 2.04. The quantitative estimate of drug-likeness (QED) is 0.902. The largest absolute Gasteiger partial charge is 0.368 e. The molecule has 3 rings (SSSR count). The van der Waals surface area contributed by atoms with Gasteiger partial charge in [0.1, 0.15) is 0 Å². The van der Waals surface area contributed by atoms with E-state index in [2.05, 4.69) is 49.0 Å². The number of aromatic nitrogens is 1. The van der Waals surface area contributed by atoms with E-state index in [1.54, 1.807) is 0 Å². The maximum Gasteiger partial charge on any atom is 0.0870 e. The molecule has 0 aromatic carbocycles. The molecule has 104 valence electrons. The van der Waals surface area contributed by atoms with E-state index in [4.69, 9.17) is 0 Å². The van der Waals surface area contributed by atoms with Crippen molar-refractivity contribution in [3.05, 3.63) is 24.0 Å². The van der Waals surface area contributed by atoms with E-state index in [1.807, 2.05) is 12.4 Å². The smallest absolute Gasteiger partial charge is 0.0870 e. The number of pyridine rings is 1. The highest BCUT2D eigenvalue weighted by atomic mass is 15.3. The molecule has 0 spiro atoms. The molecule has 0 radical (unpaired) electrons. The standard InChI is InChI=1S/C16H25N3/c1-5-13-14(10(3)4)15-11-7-8-17-9-12(11)18-16(15)19(13)6-2/h7-10,13-16,18H,5-6H2,1-4H3. The number of rotatable bonds is 3. The second-order valence-electron chi connectivity index (χ2n) is 6.21. The van der Waals surface area contributed by atoms with Crippen LogP contribution in [0.25, 0.3) is 0 Å². The topological polar surface area (TPSA) is 28.2 Å². The number of fused-ring (bicyclic) bond motifs is 3. The summed E-state index contributed by atoms with van der Waals surface area (Å²) in [5.74, 6) is 2.09. The number of hydrogen-bond donors (Lipinski definition) is 1. The van der Waals surface area contributed by atoms with Crippen LogP contribution in [0.1, 0.15) is 45.6 Å². The molecule has 0 amide bonds. The average Bonchev–Trinajstić information content (AvgIpc) is 2.91. The summed E-state index contributed by atoms with van der Waals surface area (Å²) < 4.78 is 0. The normalized spacial score (nSPS) is 33.3. The fraction of sp³-hybridized carbons (Fsp3) is 0.688. The molecule has 1 aromatic heterocycles. The Hall–Kier alpha value is -1.09. The van der Waals surface area contributed by atoms with Crippen LogP contribution in [0.5, 0.6) is 0 Å². The molecule has 4 atom stereocenters.